The van der Waals surface area contributed by atoms with Crippen molar-refractivity contribution in [3.05, 3.63) is 0 Å². The number of nitrogens with two attached hydrogens (primary N) is 1. The Morgan fingerprint density at radius 1 is 1.18 bits per heavy atom. The van der Waals surface area contributed by atoms with Gasteiger partial charge in [0.15, 0.2) is 0 Å². The molecule has 1 nitrogen and oxygen atoms in total. The summed E-state index contributed by atoms with van der Waals surface area (Å²) >= 11 is 0. The zero-order valence-electron chi connectivity index (χ0n) is 8.65. The minimum atomic E-state index is 0.341. The van der Waals surface area contributed by atoms with Crippen LogP contribution in [0.4, 0.5) is 0 Å². The molecule has 0 aliphatic carbocycles. The molecule has 0 spiro atoms. The predicted molar refractivity (Wildman–Crippen MR) is 51.5 cm³/mol. The SMILES string of the molecule is CC(C)CC(C)(CN)C(C)C. The fourth-order valence-corrected chi connectivity index (χ4v) is 1.49. The fraction of sp³-hybridized carbons (Fsp3) is 1.00. The van der Waals surface area contributed by atoms with Gasteiger partial charge >= 0.3 is 0 Å². The highest BCUT2D eigenvalue weighted by Gasteiger charge is 2.27. The van der Waals surface area contributed by atoms with Crippen LogP contribution in [-0.4, -0.2) is 6.54 Å². The van der Waals surface area contributed by atoms with Crippen molar-refractivity contribution < 1.29 is 0 Å². The van der Waals surface area contributed by atoms with E-state index in [4.69, 9.17) is 5.73 Å². The lowest BCUT2D eigenvalue weighted by molar-refractivity contribution is 0.182. The van der Waals surface area contributed by atoms with Crippen LogP contribution in [0.3, 0.4) is 0 Å². The molecule has 2 N–H and O–H groups in total. The standard InChI is InChI=1S/C10H23N/c1-8(2)6-10(5,7-11)9(3)4/h8-9H,6-7,11H2,1-5H3. The Morgan fingerprint density at radius 3 is 1.73 bits per heavy atom. The van der Waals surface area contributed by atoms with Gasteiger partial charge in [0.25, 0.3) is 0 Å². The zero-order valence-corrected chi connectivity index (χ0v) is 8.65. The first-order chi connectivity index (χ1) is 4.92. The van der Waals surface area contributed by atoms with Crippen LogP contribution in [0, 0.1) is 17.3 Å². The maximum Gasteiger partial charge on any atom is -0.00206 e. The van der Waals surface area contributed by atoms with Gasteiger partial charge in [-0.2, -0.15) is 0 Å². The summed E-state index contributed by atoms with van der Waals surface area (Å²) in [5, 5.41) is 0. The predicted octanol–water partition coefficient (Wildman–Crippen LogP) is 2.65. The van der Waals surface area contributed by atoms with Gasteiger partial charge in [0.2, 0.25) is 0 Å². The molecule has 0 heterocycles. The molecule has 1 heteroatoms. The summed E-state index contributed by atoms with van der Waals surface area (Å²) in [5.41, 5.74) is 6.10. The molecular weight excluding hydrogens is 134 g/mol. The average Bonchev–Trinajstić information content (AvgIpc) is 1.86. The number of hydrogen-bond donors (Lipinski definition) is 1. The van der Waals surface area contributed by atoms with E-state index in [2.05, 4.69) is 34.6 Å². The van der Waals surface area contributed by atoms with Crippen LogP contribution < -0.4 is 5.73 Å². The topological polar surface area (TPSA) is 26.0 Å². The van der Waals surface area contributed by atoms with E-state index in [9.17, 15) is 0 Å². The van der Waals surface area contributed by atoms with Crippen molar-refractivity contribution >= 4 is 0 Å². The lowest BCUT2D eigenvalue weighted by atomic mass is 9.73. The first-order valence-electron chi connectivity index (χ1n) is 4.62. The number of rotatable bonds is 4. The largest absolute Gasteiger partial charge is 0.330 e. The fourth-order valence-electron chi connectivity index (χ4n) is 1.49. The molecule has 0 aromatic rings. The van der Waals surface area contributed by atoms with Gasteiger partial charge in [0.05, 0.1) is 0 Å². The Balaban J connectivity index is 4.10. The molecule has 0 rings (SSSR count). The van der Waals surface area contributed by atoms with Gasteiger partial charge in [-0.3, -0.25) is 0 Å². The van der Waals surface area contributed by atoms with E-state index in [1.54, 1.807) is 0 Å². The summed E-state index contributed by atoms with van der Waals surface area (Å²) < 4.78 is 0. The molecular formula is C10H23N. The van der Waals surface area contributed by atoms with Crippen LogP contribution >= 0.6 is 0 Å². The molecule has 11 heavy (non-hydrogen) atoms. The van der Waals surface area contributed by atoms with Crippen molar-refractivity contribution in [2.45, 2.75) is 41.0 Å². The van der Waals surface area contributed by atoms with Crippen molar-refractivity contribution in [1.29, 1.82) is 0 Å². The van der Waals surface area contributed by atoms with Crippen molar-refractivity contribution in [2.75, 3.05) is 6.54 Å². The molecule has 0 aromatic carbocycles. The summed E-state index contributed by atoms with van der Waals surface area (Å²) in [7, 11) is 0. The third kappa shape index (κ3) is 3.24. The highest BCUT2D eigenvalue weighted by molar-refractivity contribution is 4.79. The van der Waals surface area contributed by atoms with Gasteiger partial charge in [-0.05, 0) is 30.2 Å². The maximum atomic E-state index is 5.76. The van der Waals surface area contributed by atoms with Gasteiger partial charge in [-0.25, -0.2) is 0 Å². The Hall–Kier alpha value is -0.0400. The monoisotopic (exact) mass is 157 g/mol. The summed E-state index contributed by atoms with van der Waals surface area (Å²) in [5.74, 6) is 1.45. The second-order valence-electron chi connectivity index (χ2n) is 4.61. The van der Waals surface area contributed by atoms with Crippen LogP contribution in [0.25, 0.3) is 0 Å². The van der Waals surface area contributed by atoms with Crippen molar-refractivity contribution in [1.82, 2.24) is 0 Å². The summed E-state index contributed by atoms with van der Waals surface area (Å²) in [4.78, 5) is 0. The normalized spacial score (nSPS) is 17.5. The molecule has 0 amide bonds. The second kappa shape index (κ2) is 4.10. The lowest BCUT2D eigenvalue weighted by Crippen LogP contribution is -2.33. The molecule has 0 aliphatic heterocycles. The maximum absolute atomic E-state index is 5.76. The highest BCUT2D eigenvalue weighted by Crippen LogP contribution is 2.32. The van der Waals surface area contributed by atoms with Gasteiger partial charge in [-0.1, -0.05) is 34.6 Å². The molecule has 0 aromatic heterocycles. The van der Waals surface area contributed by atoms with Gasteiger partial charge in [0.1, 0.15) is 0 Å². The molecule has 0 radical (unpaired) electrons. The van der Waals surface area contributed by atoms with E-state index in [1.807, 2.05) is 0 Å². The molecule has 0 saturated heterocycles. The van der Waals surface area contributed by atoms with E-state index >= 15 is 0 Å². The molecule has 1 atom stereocenters. The van der Waals surface area contributed by atoms with Crippen LogP contribution in [0.2, 0.25) is 0 Å². The van der Waals surface area contributed by atoms with Crippen LogP contribution in [-0.2, 0) is 0 Å². The molecule has 0 fully saturated rings. The Labute approximate surface area is 71.4 Å². The summed E-state index contributed by atoms with van der Waals surface area (Å²) in [6.45, 7) is 12.1. The zero-order chi connectivity index (χ0) is 9.07. The molecule has 0 bridgehead atoms. The molecule has 1 unspecified atom stereocenters. The minimum absolute atomic E-state index is 0.341. The smallest absolute Gasteiger partial charge is 0.00206 e. The van der Waals surface area contributed by atoms with E-state index in [0.29, 0.717) is 11.3 Å². The molecule has 0 saturated carbocycles. The second-order valence-corrected chi connectivity index (χ2v) is 4.61. The highest BCUT2D eigenvalue weighted by atomic mass is 14.6. The van der Waals surface area contributed by atoms with E-state index < -0.39 is 0 Å². The third-order valence-corrected chi connectivity index (χ3v) is 2.73. The van der Waals surface area contributed by atoms with Crippen molar-refractivity contribution in [3.63, 3.8) is 0 Å². The minimum Gasteiger partial charge on any atom is -0.330 e. The van der Waals surface area contributed by atoms with Gasteiger partial charge in [0, 0.05) is 0 Å². The third-order valence-electron chi connectivity index (χ3n) is 2.73. The van der Waals surface area contributed by atoms with E-state index in [1.165, 1.54) is 6.42 Å². The van der Waals surface area contributed by atoms with Crippen LogP contribution in [0.15, 0.2) is 0 Å². The molecule has 68 valence electrons. The number of hydrogen-bond acceptors (Lipinski definition) is 1. The van der Waals surface area contributed by atoms with Gasteiger partial charge in [-0.15, -0.1) is 0 Å². The van der Waals surface area contributed by atoms with E-state index in [0.717, 1.165) is 12.5 Å². The lowest BCUT2D eigenvalue weighted by Gasteiger charge is -2.34. The quantitative estimate of drug-likeness (QED) is 0.667. The van der Waals surface area contributed by atoms with Crippen molar-refractivity contribution in [3.8, 4) is 0 Å². The Kier molecular flexibility index (Phi) is 4.09. The first kappa shape index (κ1) is 11.0. The Bertz CT molecular complexity index is 107. The summed E-state index contributed by atoms with van der Waals surface area (Å²) in [6.07, 6.45) is 1.24. The van der Waals surface area contributed by atoms with Crippen molar-refractivity contribution in [2.24, 2.45) is 23.0 Å². The van der Waals surface area contributed by atoms with Crippen LogP contribution in [0.5, 0.6) is 0 Å². The molecule has 0 aliphatic rings. The van der Waals surface area contributed by atoms with E-state index in [-0.39, 0.29) is 0 Å². The van der Waals surface area contributed by atoms with Crippen LogP contribution in [0.1, 0.15) is 41.0 Å². The first-order valence-corrected chi connectivity index (χ1v) is 4.62. The van der Waals surface area contributed by atoms with Gasteiger partial charge < -0.3 is 5.73 Å². The summed E-state index contributed by atoms with van der Waals surface area (Å²) in [6, 6.07) is 0. The Morgan fingerprint density at radius 2 is 1.64 bits per heavy atom. The average molecular weight is 157 g/mol.